The average molecular weight is 428 g/mol. The molecule has 1 unspecified atom stereocenters. The van der Waals surface area contributed by atoms with Gasteiger partial charge in [-0.3, -0.25) is 9.89 Å². The Balaban J connectivity index is 1.45. The summed E-state index contributed by atoms with van der Waals surface area (Å²) in [6.45, 7) is 12.6. The smallest absolute Gasteiger partial charge is 0.191 e. The average Bonchev–Trinajstić information content (AvgIpc) is 3.53. The maximum Gasteiger partial charge on any atom is 0.191 e. The Bertz CT molecular complexity index is 718. The predicted octanol–water partition coefficient (Wildman–Crippen LogP) is 3.55. The van der Waals surface area contributed by atoms with Crippen molar-refractivity contribution in [3.63, 3.8) is 0 Å². The molecule has 31 heavy (non-hydrogen) atoms. The van der Waals surface area contributed by atoms with Gasteiger partial charge < -0.3 is 20.3 Å². The van der Waals surface area contributed by atoms with Crippen LogP contribution in [0.25, 0.3) is 0 Å². The van der Waals surface area contributed by atoms with Crippen LogP contribution in [0.2, 0.25) is 0 Å². The van der Waals surface area contributed by atoms with Crippen molar-refractivity contribution in [3.05, 3.63) is 29.8 Å². The van der Waals surface area contributed by atoms with Gasteiger partial charge in [0.15, 0.2) is 5.96 Å². The van der Waals surface area contributed by atoms with Gasteiger partial charge in [-0.25, -0.2) is 0 Å². The van der Waals surface area contributed by atoms with Gasteiger partial charge in [0.05, 0.1) is 12.6 Å². The highest BCUT2D eigenvalue weighted by Gasteiger charge is 2.39. The number of rotatable bonds is 7. The van der Waals surface area contributed by atoms with E-state index in [4.69, 9.17) is 9.73 Å². The predicted molar refractivity (Wildman–Crippen MR) is 129 cm³/mol. The van der Waals surface area contributed by atoms with Crippen LogP contribution in [0.5, 0.6) is 0 Å². The molecule has 0 radical (unpaired) electrons. The van der Waals surface area contributed by atoms with Crippen LogP contribution in [0.1, 0.15) is 64.0 Å². The second-order valence-corrected chi connectivity index (χ2v) is 9.38. The van der Waals surface area contributed by atoms with Crippen LogP contribution in [0.4, 0.5) is 5.69 Å². The van der Waals surface area contributed by atoms with Crippen molar-refractivity contribution in [2.45, 2.75) is 64.0 Å². The van der Waals surface area contributed by atoms with E-state index < -0.39 is 0 Å². The molecule has 1 aromatic rings. The van der Waals surface area contributed by atoms with E-state index in [1.54, 1.807) is 0 Å². The molecule has 6 nitrogen and oxygen atoms in total. The number of nitrogens with zero attached hydrogens (tertiary/aromatic N) is 3. The van der Waals surface area contributed by atoms with E-state index in [2.05, 4.69) is 58.5 Å². The van der Waals surface area contributed by atoms with E-state index in [9.17, 15) is 0 Å². The molecular weight excluding hydrogens is 386 g/mol. The fourth-order valence-corrected chi connectivity index (χ4v) is 5.32. The van der Waals surface area contributed by atoms with Gasteiger partial charge in [0, 0.05) is 44.1 Å². The molecule has 3 aliphatic rings. The standard InChI is InChI=1S/C25H41N5O/c1-3-26-24(27-20-25(11-17-31-18-12-25)30-15-6-7-16-30)28-21(2)22-9-8-10-23(19-22)29-13-4-5-14-29/h8-10,19,21H,3-7,11-18,20H2,1-2H3,(H2,26,27,28). The molecule has 4 rings (SSSR count). The lowest BCUT2D eigenvalue weighted by Gasteiger charge is -2.43. The first-order valence-corrected chi connectivity index (χ1v) is 12.4. The van der Waals surface area contributed by atoms with Crippen LogP contribution in [0.15, 0.2) is 29.3 Å². The molecule has 0 bridgehead atoms. The third kappa shape index (κ3) is 5.53. The largest absolute Gasteiger partial charge is 0.381 e. The summed E-state index contributed by atoms with van der Waals surface area (Å²) in [6.07, 6.45) is 7.41. The first-order valence-electron chi connectivity index (χ1n) is 12.4. The van der Waals surface area contributed by atoms with Crippen LogP contribution >= 0.6 is 0 Å². The minimum atomic E-state index is 0.163. The van der Waals surface area contributed by atoms with Gasteiger partial charge in [-0.15, -0.1) is 0 Å². The van der Waals surface area contributed by atoms with Gasteiger partial charge in [0.2, 0.25) is 0 Å². The summed E-state index contributed by atoms with van der Waals surface area (Å²) in [5.41, 5.74) is 2.83. The fraction of sp³-hybridized carbons (Fsp3) is 0.720. The summed E-state index contributed by atoms with van der Waals surface area (Å²) < 4.78 is 5.70. The van der Waals surface area contributed by atoms with Gasteiger partial charge in [0.25, 0.3) is 0 Å². The van der Waals surface area contributed by atoms with E-state index in [-0.39, 0.29) is 11.6 Å². The van der Waals surface area contributed by atoms with Crippen molar-refractivity contribution in [3.8, 4) is 0 Å². The molecule has 172 valence electrons. The number of guanidine groups is 1. The van der Waals surface area contributed by atoms with E-state index in [1.807, 2.05) is 0 Å². The highest BCUT2D eigenvalue weighted by Crippen LogP contribution is 2.31. The van der Waals surface area contributed by atoms with E-state index in [1.165, 1.54) is 63.1 Å². The number of nitrogens with one attached hydrogen (secondary N) is 2. The molecule has 3 heterocycles. The number of ether oxygens (including phenoxy) is 1. The highest BCUT2D eigenvalue weighted by atomic mass is 16.5. The second kappa shape index (κ2) is 10.7. The van der Waals surface area contributed by atoms with E-state index in [0.717, 1.165) is 45.1 Å². The Morgan fingerprint density at radius 3 is 2.52 bits per heavy atom. The number of hydrogen-bond donors (Lipinski definition) is 2. The zero-order valence-corrected chi connectivity index (χ0v) is 19.5. The zero-order chi connectivity index (χ0) is 21.5. The number of hydrogen-bond acceptors (Lipinski definition) is 4. The van der Waals surface area contributed by atoms with Crippen molar-refractivity contribution in [1.29, 1.82) is 0 Å². The van der Waals surface area contributed by atoms with Gasteiger partial charge in [0.1, 0.15) is 0 Å². The Morgan fingerprint density at radius 1 is 1.10 bits per heavy atom. The molecule has 0 aliphatic carbocycles. The molecule has 0 amide bonds. The monoisotopic (exact) mass is 427 g/mol. The fourth-order valence-electron chi connectivity index (χ4n) is 5.32. The topological polar surface area (TPSA) is 52.1 Å². The second-order valence-electron chi connectivity index (χ2n) is 9.38. The van der Waals surface area contributed by atoms with Crippen LogP contribution in [0.3, 0.4) is 0 Å². The molecule has 1 aromatic carbocycles. The molecule has 1 atom stereocenters. The lowest BCUT2D eigenvalue weighted by atomic mass is 9.88. The summed E-state index contributed by atoms with van der Waals surface area (Å²) in [7, 11) is 0. The Morgan fingerprint density at radius 2 is 1.81 bits per heavy atom. The molecule has 0 spiro atoms. The maximum atomic E-state index is 5.70. The normalized spacial score (nSPS) is 23.2. The maximum absolute atomic E-state index is 5.70. The SMILES string of the molecule is CCNC(=NCC1(N2CCCC2)CCOCC1)NC(C)c1cccc(N2CCCC2)c1. The van der Waals surface area contributed by atoms with Crippen molar-refractivity contribution in [1.82, 2.24) is 15.5 Å². The lowest BCUT2D eigenvalue weighted by molar-refractivity contribution is -0.0139. The third-order valence-electron chi connectivity index (χ3n) is 7.27. The summed E-state index contributed by atoms with van der Waals surface area (Å²) >= 11 is 0. The van der Waals surface area contributed by atoms with Gasteiger partial charge in [-0.05, 0) is 83.2 Å². The minimum absolute atomic E-state index is 0.163. The molecule has 2 N–H and O–H groups in total. The number of likely N-dealkylation sites (tertiary alicyclic amines) is 1. The zero-order valence-electron chi connectivity index (χ0n) is 19.5. The molecule has 6 heteroatoms. The van der Waals surface area contributed by atoms with Crippen LogP contribution in [0, 0.1) is 0 Å². The summed E-state index contributed by atoms with van der Waals surface area (Å²) in [5, 5.41) is 7.15. The van der Waals surface area contributed by atoms with Crippen LogP contribution in [-0.4, -0.2) is 68.9 Å². The van der Waals surface area contributed by atoms with Crippen LogP contribution < -0.4 is 15.5 Å². The number of benzene rings is 1. The van der Waals surface area contributed by atoms with Crippen molar-refractivity contribution < 1.29 is 4.74 Å². The minimum Gasteiger partial charge on any atom is -0.381 e. The van der Waals surface area contributed by atoms with Gasteiger partial charge in [-0.1, -0.05) is 12.1 Å². The molecule has 3 aliphatic heterocycles. The Kier molecular flexibility index (Phi) is 7.72. The quantitative estimate of drug-likeness (QED) is 0.515. The van der Waals surface area contributed by atoms with Crippen molar-refractivity contribution in [2.24, 2.45) is 4.99 Å². The van der Waals surface area contributed by atoms with Crippen LogP contribution in [-0.2, 0) is 4.74 Å². The molecule has 0 aromatic heterocycles. The van der Waals surface area contributed by atoms with Crippen molar-refractivity contribution >= 4 is 11.6 Å². The summed E-state index contributed by atoms with van der Waals surface area (Å²) in [4.78, 5) is 10.3. The summed E-state index contributed by atoms with van der Waals surface area (Å²) in [5.74, 6) is 0.923. The first-order chi connectivity index (χ1) is 15.2. The number of anilines is 1. The van der Waals surface area contributed by atoms with E-state index >= 15 is 0 Å². The molecule has 3 saturated heterocycles. The molecular formula is C25H41N5O. The Labute approximate surface area is 188 Å². The number of aliphatic imine (C=N–C) groups is 1. The van der Waals surface area contributed by atoms with E-state index in [0.29, 0.717) is 0 Å². The lowest BCUT2D eigenvalue weighted by Crippen LogP contribution is -2.54. The molecule has 0 saturated carbocycles. The summed E-state index contributed by atoms with van der Waals surface area (Å²) in [6, 6.07) is 9.21. The van der Waals surface area contributed by atoms with Gasteiger partial charge in [-0.2, -0.15) is 0 Å². The highest BCUT2D eigenvalue weighted by molar-refractivity contribution is 5.80. The third-order valence-corrected chi connectivity index (χ3v) is 7.27. The molecule has 3 fully saturated rings. The van der Waals surface area contributed by atoms with Crippen molar-refractivity contribution in [2.75, 3.05) is 57.4 Å². The first kappa shape index (κ1) is 22.4. The Hall–Kier alpha value is -1.79. The van der Waals surface area contributed by atoms with Gasteiger partial charge >= 0.3 is 0 Å².